The lowest BCUT2D eigenvalue weighted by molar-refractivity contribution is -0.286. The van der Waals surface area contributed by atoms with Crippen LogP contribution in [0.15, 0.2) is 18.2 Å². The summed E-state index contributed by atoms with van der Waals surface area (Å²) in [6.45, 7) is 1.37. The summed E-state index contributed by atoms with van der Waals surface area (Å²) in [5.41, 5.74) is 0.204. The van der Waals surface area contributed by atoms with Gasteiger partial charge in [0.2, 0.25) is 0 Å². The Hall–Kier alpha value is -2.58. The second kappa shape index (κ2) is 5.43. The Morgan fingerprint density at radius 3 is 2.67 bits per heavy atom. The second-order valence-electron chi connectivity index (χ2n) is 4.40. The molecule has 7 nitrogen and oxygen atoms in total. The molecule has 1 unspecified atom stereocenters. The molecule has 0 aliphatic carbocycles. The molecule has 0 bridgehead atoms. The molecule has 2 amide bonds. The van der Waals surface area contributed by atoms with Crippen LogP contribution in [0.3, 0.4) is 0 Å². The number of fused-ring (bicyclic) bond motifs is 1. The van der Waals surface area contributed by atoms with Crippen LogP contribution in [0.1, 0.15) is 6.92 Å². The fourth-order valence-corrected chi connectivity index (χ4v) is 1.54. The van der Waals surface area contributed by atoms with Gasteiger partial charge in [0.1, 0.15) is 0 Å². The summed E-state index contributed by atoms with van der Waals surface area (Å²) in [5, 5.41) is 13.4. The molecule has 0 aromatic heterocycles. The molecule has 1 aromatic carbocycles. The number of hydrogen-bond donors (Lipinski definition) is 3. The third-order valence-electron chi connectivity index (χ3n) is 2.65. The average molecular weight is 302 g/mol. The predicted octanol–water partition coefficient (Wildman–Crippen LogP) is 1.85. The van der Waals surface area contributed by atoms with Crippen molar-refractivity contribution in [3.63, 3.8) is 0 Å². The summed E-state index contributed by atoms with van der Waals surface area (Å²) in [6, 6.07) is 3.10. The topological polar surface area (TPSA) is 96.9 Å². The van der Waals surface area contributed by atoms with Gasteiger partial charge in [0.15, 0.2) is 11.5 Å². The smallest absolute Gasteiger partial charge is 0.481 e. The predicted molar refractivity (Wildman–Crippen MR) is 66.5 cm³/mol. The zero-order valence-corrected chi connectivity index (χ0v) is 10.9. The van der Waals surface area contributed by atoms with E-state index in [4.69, 9.17) is 5.11 Å². The first-order valence-electron chi connectivity index (χ1n) is 5.94. The van der Waals surface area contributed by atoms with Crippen molar-refractivity contribution in [1.82, 2.24) is 5.32 Å². The third kappa shape index (κ3) is 3.71. The van der Waals surface area contributed by atoms with Crippen molar-refractivity contribution < 1.29 is 33.0 Å². The highest BCUT2D eigenvalue weighted by Crippen LogP contribution is 2.42. The summed E-state index contributed by atoms with van der Waals surface area (Å²) in [6.07, 6.45) is -3.72. The number of carboxylic acids is 1. The number of nitrogens with one attached hydrogen (secondary N) is 2. The minimum atomic E-state index is -3.72. The van der Waals surface area contributed by atoms with Gasteiger partial charge in [-0.2, -0.15) is 0 Å². The molecule has 0 radical (unpaired) electrons. The number of ether oxygens (including phenoxy) is 2. The lowest BCUT2D eigenvalue weighted by atomic mass is 10.2. The SMILES string of the molecule is CC(CNC(=O)Nc1ccc2c(c1)OC(F)(F)O2)C(=O)O. The summed E-state index contributed by atoms with van der Waals surface area (Å²) in [5.74, 6) is -2.12. The van der Waals surface area contributed by atoms with Gasteiger partial charge in [0.25, 0.3) is 0 Å². The number of aliphatic carboxylic acids is 1. The van der Waals surface area contributed by atoms with Gasteiger partial charge in [0, 0.05) is 18.3 Å². The van der Waals surface area contributed by atoms with Crippen molar-refractivity contribution in [1.29, 1.82) is 0 Å². The number of halogens is 2. The highest BCUT2D eigenvalue weighted by molar-refractivity contribution is 5.90. The van der Waals surface area contributed by atoms with Crippen LogP contribution in [0.25, 0.3) is 0 Å². The van der Waals surface area contributed by atoms with Gasteiger partial charge in [-0.15, -0.1) is 8.78 Å². The molecule has 114 valence electrons. The molecular weight excluding hydrogens is 290 g/mol. The van der Waals surface area contributed by atoms with Crippen molar-refractivity contribution in [3.8, 4) is 11.5 Å². The van der Waals surface area contributed by atoms with Gasteiger partial charge in [-0.3, -0.25) is 4.79 Å². The van der Waals surface area contributed by atoms with Crippen LogP contribution >= 0.6 is 0 Å². The van der Waals surface area contributed by atoms with E-state index in [9.17, 15) is 18.4 Å². The standard InChI is InChI=1S/C12H12F2N2O5/c1-6(10(17)18)5-15-11(19)16-7-2-3-8-9(4-7)21-12(13,14)20-8/h2-4,6H,5H2,1H3,(H,17,18)(H2,15,16,19). The van der Waals surface area contributed by atoms with Gasteiger partial charge in [-0.25, -0.2) is 4.79 Å². The van der Waals surface area contributed by atoms with E-state index in [1.807, 2.05) is 0 Å². The minimum absolute atomic E-state index is 0.0657. The quantitative estimate of drug-likeness (QED) is 0.788. The molecule has 1 aliphatic rings. The van der Waals surface area contributed by atoms with E-state index in [0.29, 0.717) is 0 Å². The number of hydrogen-bond acceptors (Lipinski definition) is 4. The van der Waals surface area contributed by atoms with E-state index in [1.165, 1.54) is 25.1 Å². The fourth-order valence-electron chi connectivity index (χ4n) is 1.54. The summed E-state index contributed by atoms with van der Waals surface area (Å²) < 4.78 is 34.1. The lowest BCUT2D eigenvalue weighted by Gasteiger charge is -2.10. The lowest BCUT2D eigenvalue weighted by Crippen LogP contribution is -2.34. The number of amides is 2. The van der Waals surface area contributed by atoms with E-state index in [-0.39, 0.29) is 23.7 Å². The first-order chi connectivity index (χ1) is 9.77. The van der Waals surface area contributed by atoms with Gasteiger partial charge < -0.3 is 25.2 Å². The summed E-state index contributed by atoms with van der Waals surface area (Å²) >= 11 is 0. The van der Waals surface area contributed by atoms with Crippen molar-refractivity contribution >= 4 is 17.7 Å². The maximum atomic E-state index is 12.8. The molecule has 2 rings (SSSR count). The van der Waals surface area contributed by atoms with Crippen LogP contribution in [0.4, 0.5) is 19.3 Å². The van der Waals surface area contributed by atoms with E-state index < -0.39 is 24.2 Å². The third-order valence-corrected chi connectivity index (χ3v) is 2.65. The number of urea groups is 1. The molecule has 0 saturated heterocycles. The fraction of sp³-hybridized carbons (Fsp3) is 0.333. The van der Waals surface area contributed by atoms with Crippen LogP contribution in [0, 0.1) is 5.92 Å². The van der Waals surface area contributed by atoms with E-state index in [1.54, 1.807) is 0 Å². The van der Waals surface area contributed by atoms with Crippen LogP contribution in [0.5, 0.6) is 11.5 Å². The Morgan fingerprint density at radius 1 is 1.33 bits per heavy atom. The van der Waals surface area contributed by atoms with E-state index in [2.05, 4.69) is 20.1 Å². The minimum Gasteiger partial charge on any atom is -0.481 e. The Balaban J connectivity index is 1.93. The normalized spacial score (nSPS) is 16.1. The molecule has 0 saturated carbocycles. The van der Waals surface area contributed by atoms with Gasteiger partial charge >= 0.3 is 18.3 Å². The molecule has 21 heavy (non-hydrogen) atoms. The first-order valence-corrected chi connectivity index (χ1v) is 5.94. The number of rotatable bonds is 4. The molecule has 1 aromatic rings. The maximum absolute atomic E-state index is 12.8. The summed E-state index contributed by atoms with van der Waals surface area (Å²) in [4.78, 5) is 22.1. The number of benzene rings is 1. The van der Waals surface area contributed by atoms with Gasteiger partial charge in [-0.05, 0) is 12.1 Å². The number of carboxylic acid groups (broad SMARTS) is 1. The Bertz CT molecular complexity index is 579. The van der Waals surface area contributed by atoms with Crippen LogP contribution < -0.4 is 20.1 Å². The zero-order valence-electron chi connectivity index (χ0n) is 10.9. The number of carbonyl (C=O) groups excluding carboxylic acids is 1. The molecular formula is C12H12F2N2O5. The van der Waals surface area contributed by atoms with Crippen molar-refractivity contribution in [2.75, 3.05) is 11.9 Å². The van der Waals surface area contributed by atoms with Crippen molar-refractivity contribution in [2.24, 2.45) is 5.92 Å². The van der Waals surface area contributed by atoms with Crippen LogP contribution in [0.2, 0.25) is 0 Å². The number of carbonyl (C=O) groups is 2. The molecule has 0 spiro atoms. The van der Waals surface area contributed by atoms with Gasteiger partial charge in [-0.1, -0.05) is 6.92 Å². The molecule has 1 atom stereocenters. The molecule has 0 fully saturated rings. The molecule has 1 heterocycles. The molecule has 9 heteroatoms. The van der Waals surface area contributed by atoms with Crippen molar-refractivity contribution in [2.45, 2.75) is 13.2 Å². The Kier molecular flexibility index (Phi) is 3.83. The highest BCUT2D eigenvalue weighted by atomic mass is 19.3. The summed E-state index contributed by atoms with van der Waals surface area (Å²) in [7, 11) is 0. The number of alkyl halides is 2. The van der Waals surface area contributed by atoms with E-state index in [0.717, 1.165) is 0 Å². The molecule has 3 N–H and O–H groups in total. The Labute approximate surface area is 117 Å². The van der Waals surface area contributed by atoms with Crippen LogP contribution in [-0.4, -0.2) is 29.9 Å². The average Bonchev–Trinajstić information content (AvgIpc) is 2.68. The largest absolute Gasteiger partial charge is 0.586 e. The van der Waals surface area contributed by atoms with Gasteiger partial charge in [0.05, 0.1) is 5.92 Å². The first kappa shape index (κ1) is 14.8. The van der Waals surface area contributed by atoms with Crippen LogP contribution in [-0.2, 0) is 4.79 Å². The maximum Gasteiger partial charge on any atom is 0.586 e. The second-order valence-corrected chi connectivity index (χ2v) is 4.40. The Morgan fingerprint density at radius 2 is 2.00 bits per heavy atom. The zero-order chi connectivity index (χ0) is 15.6. The van der Waals surface area contributed by atoms with Crippen molar-refractivity contribution in [3.05, 3.63) is 18.2 Å². The monoisotopic (exact) mass is 302 g/mol. The highest BCUT2D eigenvalue weighted by Gasteiger charge is 2.43. The number of anilines is 1. The van der Waals surface area contributed by atoms with E-state index >= 15 is 0 Å². The molecule has 1 aliphatic heterocycles.